The van der Waals surface area contributed by atoms with Crippen molar-refractivity contribution in [1.82, 2.24) is 5.32 Å². The maximum Gasteiger partial charge on any atom is 0.261 e. The molecule has 0 aliphatic carbocycles. The number of hydrogen-bond donors (Lipinski definition) is 1. The van der Waals surface area contributed by atoms with Gasteiger partial charge in [0.1, 0.15) is 18.1 Å². The van der Waals surface area contributed by atoms with Crippen LogP contribution >= 0.6 is 0 Å². The van der Waals surface area contributed by atoms with Crippen LogP contribution in [0.5, 0.6) is 11.5 Å². The zero-order valence-electron chi connectivity index (χ0n) is 12.7. The molecule has 6 heteroatoms. The maximum absolute atomic E-state index is 12.2. The van der Waals surface area contributed by atoms with E-state index in [4.69, 9.17) is 14.2 Å². The second-order valence-corrected chi connectivity index (χ2v) is 4.54. The summed E-state index contributed by atoms with van der Waals surface area (Å²) < 4.78 is 40.0. The van der Waals surface area contributed by atoms with Crippen LogP contribution in [0.1, 0.15) is 24.9 Å². The van der Waals surface area contributed by atoms with E-state index in [9.17, 15) is 8.78 Å². The predicted octanol–water partition coefficient (Wildman–Crippen LogP) is 3.03. The van der Waals surface area contributed by atoms with Gasteiger partial charge in [-0.3, -0.25) is 0 Å². The van der Waals surface area contributed by atoms with Gasteiger partial charge in [-0.2, -0.15) is 0 Å². The molecule has 120 valence electrons. The molecule has 0 aliphatic heterocycles. The molecule has 1 N–H and O–H groups in total. The first-order valence-electron chi connectivity index (χ1n) is 6.93. The zero-order chi connectivity index (χ0) is 15.7. The largest absolute Gasteiger partial charge is 0.497 e. The number of methoxy groups -OCH3 is 2. The molecule has 4 nitrogen and oxygen atoms in total. The fourth-order valence-electron chi connectivity index (χ4n) is 1.96. The SMILES string of the molecule is CCCNC(COCC(F)F)c1cc(OC)ccc1OC. The minimum atomic E-state index is -2.47. The molecule has 0 heterocycles. The van der Waals surface area contributed by atoms with Gasteiger partial charge in [-0.1, -0.05) is 6.92 Å². The first kappa shape index (κ1) is 17.7. The van der Waals surface area contributed by atoms with Gasteiger partial charge in [-0.15, -0.1) is 0 Å². The van der Waals surface area contributed by atoms with Crippen molar-refractivity contribution in [3.05, 3.63) is 23.8 Å². The Kier molecular flexibility index (Phi) is 8.00. The molecule has 1 rings (SSSR count). The van der Waals surface area contributed by atoms with Gasteiger partial charge >= 0.3 is 0 Å². The number of nitrogens with one attached hydrogen (secondary N) is 1. The number of benzene rings is 1. The Hall–Kier alpha value is -1.40. The second-order valence-electron chi connectivity index (χ2n) is 4.54. The highest BCUT2D eigenvalue weighted by Crippen LogP contribution is 2.29. The maximum atomic E-state index is 12.2. The van der Waals surface area contributed by atoms with E-state index >= 15 is 0 Å². The summed E-state index contributed by atoms with van der Waals surface area (Å²) >= 11 is 0. The first-order valence-corrected chi connectivity index (χ1v) is 6.93. The van der Waals surface area contributed by atoms with Crippen LogP contribution in [0.2, 0.25) is 0 Å². The fourth-order valence-corrected chi connectivity index (χ4v) is 1.96. The molecule has 0 aliphatic rings. The quantitative estimate of drug-likeness (QED) is 0.721. The van der Waals surface area contributed by atoms with E-state index in [0.29, 0.717) is 11.5 Å². The van der Waals surface area contributed by atoms with Crippen molar-refractivity contribution in [2.24, 2.45) is 0 Å². The van der Waals surface area contributed by atoms with Crippen LogP contribution in [0.15, 0.2) is 18.2 Å². The molecule has 0 radical (unpaired) electrons. The monoisotopic (exact) mass is 303 g/mol. The van der Waals surface area contributed by atoms with E-state index in [0.717, 1.165) is 18.5 Å². The molecule has 0 bridgehead atoms. The van der Waals surface area contributed by atoms with Gasteiger partial charge in [0.2, 0.25) is 0 Å². The van der Waals surface area contributed by atoms with Crippen molar-refractivity contribution < 1.29 is 23.0 Å². The summed E-state index contributed by atoms with van der Waals surface area (Å²) in [5.41, 5.74) is 0.833. The van der Waals surface area contributed by atoms with Gasteiger partial charge < -0.3 is 19.5 Å². The average Bonchev–Trinajstić information content (AvgIpc) is 2.49. The Morgan fingerprint density at radius 3 is 2.48 bits per heavy atom. The number of alkyl halides is 2. The average molecular weight is 303 g/mol. The zero-order valence-corrected chi connectivity index (χ0v) is 12.7. The molecule has 1 aromatic carbocycles. The van der Waals surface area contributed by atoms with Crippen molar-refractivity contribution in [2.75, 3.05) is 34.0 Å². The Morgan fingerprint density at radius 1 is 1.14 bits per heavy atom. The van der Waals surface area contributed by atoms with E-state index in [-0.39, 0.29) is 12.6 Å². The molecule has 21 heavy (non-hydrogen) atoms. The standard InChI is InChI=1S/C15H23F2NO3/c1-4-7-18-13(9-21-10-15(16)17)12-8-11(19-2)5-6-14(12)20-3/h5-6,8,13,15,18H,4,7,9-10H2,1-3H3. The number of rotatable bonds is 10. The smallest absolute Gasteiger partial charge is 0.261 e. The second kappa shape index (κ2) is 9.52. The lowest BCUT2D eigenvalue weighted by Gasteiger charge is -2.22. The van der Waals surface area contributed by atoms with Gasteiger partial charge in [-0.25, -0.2) is 8.78 Å². The summed E-state index contributed by atoms with van der Waals surface area (Å²) in [6.45, 7) is 2.36. The Bertz CT molecular complexity index is 416. The van der Waals surface area contributed by atoms with Crippen molar-refractivity contribution in [1.29, 1.82) is 0 Å². The van der Waals surface area contributed by atoms with Gasteiger partial charge in [0.25, 0.3) is 6.43 Å². The first-order chi connectivity index (χ1) is 10.1. The molecule has 0 aromatic heterocycles. The normalized spacial score (nSPS) is 12.5. The van der Waals surface area contributed by atoms with Gasteiger partial charge in [0, 0.05) is 5.56 Å². The van der Waals surface area contributed by atoms with Gasteiger partial charge in [0.05, 0.1) is 26.9 Å². The summed E-state index contributed by atoms with van der Waals surface area (Å²) in [5.74, 6) is 1.35. The third-order valence-corrected chi connectivity index (χ3v) is 2.98. The Labute approximate surface area is 124 Å². The minimum absolute atomic E-state index is 0.147. The third kappa shape index (κ3) is 5.85. The predicted molar refractivity (Wildman–Crippen MR) is 77.4 cm³/mol. The molecular weight excluding hydrogens is 280 g/mol. The molecule has 0 amide bonds. The minimum Gasteiger partial charge on any atom is -0.497 e. The molecule has 1 aromatic rings. The molecule has 0 saturated carbocycles. The molecule has 1 atom stereocenters. The van der Waals surface area contributed by atoms with Crippen LogP contribution in [0.25, 0.3) is 0 Å². The van der Waals surface area contributed by atoms with Crippen molar-refractivity contribution in [3.8, 4) is 11.5 Å². The van der Waals surface area contributed by atoms with Crippen LogP contribution in [0, 0.1) is 0 Å². The van der Waals surface area contributed by atoms with Gasteiger partial charge in [-0.05, 0) is 31.2 Å². The number of hydrogen-bond acceptors (Lipinski definition) is 4. The number of ether oxygens (including phenoxy) is 3. The molecule has 0 spiro atoms. The topological polar surface area (TPSA) is 39.7 Å². The van der Waals surface area contributed by atoms with Crippen LogP contribution in [0.4, 0.5) is 8.78 Å². The highest BCUT2D eigenvalue weighted by atomic mass is 19.3. The lowest BCUT2D eigenvalue weighted by atomic mass is 10.1. The molecule has 1 unspecified atom stereocenters. The van der Waals surface area contributed by atoms with Crippen LogP contribution in [-0.4, -0.2) is 40.4 Å². The summed E-state index contributed by atoms with van der Waals surface area (Å²) in [6, 6.07) is 5.19. The summed E-state index contributed by atoms with van der Waals surface area (Å²) in [7, 11) is 3.15. The van der Waals surface area contributed by atoms with E-state index < -0.39 is 13.0 Å². The van der Waals surface area contributed by atoms with Crippen LogP contribution in [-0.2, 0) is 4.74 Å². The lowest BCUT2D eigenvalue weighted by molar-refractivity contribution is 0.00901. The Balaban J connectivity index is 2.88. The van der Waals surface area contributed by atoms with Crippen molar-refractivity contribution in [3.63, 3.8) is 0 Å². The van der Waals surface area contributed by atoms with Crippen molar-refractivity contribution >= 4 is 0 Å². The summed E-state index contributed by atoms with van der Waals surface area (Å²) in [4.78, 5) is 0. The molecule has 0 fully saturated rings. The van der Waals surface area contributed by atoms with Gasteiger partial charge in [0.15, 0.2) is 0 Å². The van der Waals surface area contributed by atoms with Crippen LogP contribution in [0.3, 0.4) is 0 Å². The highest BCUT2D eigenvalue weighted by molar-refractivity contribution is 5.42. The van der Waals surface area contributed by atoms with E-state index in [1.54, 1.807) is 26.4 Å². The third-order valence-electron chi connectivity index (χ3n) is 2.98. The van der Waals surface area contributed by atoms with Crippen LogP contribution < -0.4 is 14.8 Å². The summed E-state index contributed by atoms with van der Waals surface area (Å²) in [5, 5.41) is 3.28. The van der Waals surface area contributed by atoms with E-state index in [1.807, 2.05) is 13.0 Å². The fraction of sp³-hybridized carbons (Fsp3) is 0.600. The summed E-state index contributed by atoms with van der Waals surface area (Å²) in [6.07, 6.45) is -1.54. The molecular formula is C15H23F2NO3. The highest BCUT2D eigenvalue weighted by Gasteiger charge is 2.18. The lowest BCUT2D eigenvalue weighted by Crippen LogP contribution is -2.27. The van der Waals surface area contributed by atoms with E-state index in [2.05, 4.69) is 5.32 Å². The van der Waals surface area contributed by atoms with E-state index in [1.165, 1.54) is 0 Å². The molecule has 0 saturated heterocycles. The van der Waals surface area contributed by atoms with Crippen molar-refractivity contribution in [2.45, 2.75) is 25.8 Å². The Morgan fingerprint density at radius 2 is 1.90 bits per heavy atom. The number of halogens is 2.